The fourth-order valence-electron chi connectivity index (χ4n) is 2.06. The molecule has 5 nitrogen and oxygen atoms in total. The number of Topliss-reactive ketones (excluding diaryl/α,β-unsaturated/α-hetero) is 1. The molecule has 0 fully saturated rings. The first-order valence-electron chi connectivity index (χ1n) is 7.03. The maximum atomic E-state index is 12.3. The zero-order valence-electron chi connectivity index (χ0n) is 13.2. The molecule has 124 valence electrons. The number of nitrogens with one attached hydrogen (secondary N) is 1. The van der Waals surface area contributed by atoms with Crippen molar-refractivity contribution in [2.75, 3.05) is 13.7 Å². The second-order valence-electron chi connectivity index (χ2n) is 5.11. The predicted molar refractivity (Wildman–Crippen MR) is 90.4 cm³/mol. The average Bonchev–Trinajstić information content (AvgIpc) is 2.94. The summed E-state index contributed by atoms with van der Waals surface area (Å²) in [5, 5.41) is 0. The Hall–Kier alpha value is -1.54. The summed E-state index contributed by atoms with van der Waals surface area (Å²) in [6.45, 7) is 3.57. The van der Waals surface area contributed by atoms with Crippen LogP contribution in [0, 0.1) is 6.92 Å². The second kappa shape index (κ2) is 7.35. The van der Waals surface area contributed by atoms with E-state index in [-0.39, 0.29) is 23.3 Å². The number of ether oxygens (including phenoxy) is 1. The van der Waals surface area contributed by atoms with E-state index in [9.17, 15) is 13.2 Å². The molecule has 2 aromatic rings. The Morgan fingerprint density at radius 1 is 1.22 bits per heavy atom. The zero-order valence-corrected chi connectivity index (χ0v) is 14.8. The highest BCUT2D eigenvalue weighted by molar-refractivity contribution is 7.89. The number of benzene rings is 1. The van der Waals surface area contributed by atoms with Crippen molar-refractivity contribution in [3.05, 3.63) is 51.7 Å². The number of hydrogen-bond acceptors (Lipinski definition) is 5. The van der Waals surface area contributed by atoms with Crippen LogP contribution in [-0.4, -0.2) is 27.9 Å². The molecule has 1 atom stereocenters. The number of hydrogen-bond donors (Lipinski definition) is 1. The number of aryl methyl sites for hydroxylation is 1. The van der Waals surface area contributed by atoms with Gasteiger partial charge in [-0.25, -0.2) is 13.1 Å². The standard InChI is InChI=1S/C16H19NO4S2/c1-11-4-9-16(22-11)15(21-3)10-17-23(19,20)14-7-5-13(6-8-14)12(2)18/h4-9,15,17H,10H2,1-3H3. The average molecular weight is 353 g/mol. The van der Waals surface area contributed by atoms with Crippen molar-refractivity contribution < 1.29 is 17.9 Å². The lowest BCUT2D eigenvalue weighted by molar-refractivity contribution is 0.101. The molecular weight excluding hydrogens is 334 g/mol. The first kappa shape index (κ1) is 17.8. The lowest BCUT2D eigenvalue weighted by Gasteiger charge is -2.15. The van der Waals surface area contributed by atoms with E-state index in [1.54, 1.807) is 18.4 Å². The number of sulfonamides is 1. The van der Waals surface area contributed by atoms with Gasteiger partial charge in [0.05, 0.1) is 4.90 Å². The smallest absolute Gasteiger partial charge is 0.240 e. The third-order valence-corrected chi connectivity index (χ3v) is 5.93. The van der Waals surface area contributed by atoms with Crippen molar-refractivity contribution in [1.29, 1.82) is 0 Å². The summed E-state index contributed by atoms with van der Waals surface area (Å²) in [6.07, 6.45) is -0.333. The van der Waals surface area contributed by atoms with Gasteiger partial charge in [0.1, 0.15) is 6.10 Å². The molecule has 0 spiro atoms. The SMILES string of the molecule is COC(CNS(=O)(=O)c1ccc(C(C)=O)cc1)c1ccc(C)s1. The van der Waals surface area contributed by atoms with Gasteiger partial charge in [0, 0.05) is 29.0 Å². The van der Waals surface area contributed by atoms with Crippen molar-refractivity contribution in [3.63, 3.8) is 0 Å². The van der Waals surface area contributed by atoms with Crippen molar-refractivity contribution in [2.45, 2.75) is 24.8 Å². The van der Waals surface area contributed by atoms with E-state index >= 15 is 0 Å². The highest BCUT2D eigenvalue weighted by Crippen LogP contribution is 2.25. The van der Waals surface area contributed by atoms with Crippen molar-refractivity contribution in [2.24, 2.45) is 0 Å². The number of methoxy groups -OCH3 is 1. The Morgan fingerprint density at radius 3 is 2.35 bits per heavy atom. The van der Waals surface area contributed by atoms with Crippen LogP contribution in [0.15, 0.2) is 41.3 Å². The van der Waals surface area contributed by atoms with Crippen LogP contribution >= 0.6 is 11.3 Å². The highest BCUT2D eigenvalue weighted by Gasteiger charge is 2.19. The van der Waals surface area contributed by atoms with E-state index in [1.807, 2.05) is 19.1 Å². The molecule has 0 aliphatic heterocycles. The molecule has 1 aromatic carbocycles. The Balaban J connectivity index is 2.09. The van der Waals surface area contributed by atoms with Crippen LogP contribution in [0.2, 0.25) is 0 Å². The minimum Gasteiger partial charge on any atom is -0.375 e. The van der Waals surface area contributed by atoms with E-state index < -0.39 is 10.0 Å². The monoisotopic (exact) mass is 353 g/mol. The molecule has 0 amide bonds. The van der Waals surface area contributed by atoms with E-state index in [1.165, 1.54) is 31.2 Å². The minimum absolute atomic E-state index is 0.102. The Kier molecular flexibility index (Phi) is 5.69. The quantitative estimate of drug-likeness (QED) is 0.777. The molecular formula is C16H19NO4S2. The molecule has 2 rings (SSSR count). The van der Waals surface area contributed by atoms with Gasteiger partial charge in [-0.15, -0.1) is 11.3 Å². The van der Waals surface area contributed by atoms with Gasteiger partial charge >= 0.3 is 0 Å². The molecule has 0 aliphatic rings. The molecule has 0 radical (unpaired) electrons. The third kappa shape index (κ3) is 4.48. The second-order valence-corrected chi connectivity index (χ2v) is 8.19. The highest BCUT2D eigenvalue weighted by atomic mass is 32.2. The summed E-state index contributed by atoms with van der Waals surface area (Å²) < 4.78 is 32.6. The summed E-state index contributed by atoms with van der Waals surface area (Å²) in [5.74, 6) is -0.102. The molecule has 0 saturated heterocycles. The lowest BCUT2D eigenvalue weighted by Crippen LogP contribution is -2.29. The van der Waals surface area contributed by atoms with Crippen LogP contribution < -0.4 is 4.72 Å². The van der Waals surface area contributed by atoms with Crippen LogP contribution in [0.4, 0.5) is 0 Å². The molecule has 0 aliphatic carbocycles. The molecule has 0 saturated carbocycles. The number of rotatable bonds is 7. The van der Waals surface area contributed by atoms with Crippen LogP contribution in [0.1, 0.15) is 33.1 Å². The first-order chi connectivity index (χ1) is 10.8. The number of carbonyl (C=O) groups is 1. The molecule has 7 heteroatoms. The minimum atomic E-state index is -3.65. The fourth-order valence-corrected chi connectivity index (χ4v) is 4.05. The summed E-state index contributed by atoms with van der Waals surface area (Å²) >= 11 is 1.57. The van der Waals surface area contributed by atoms with E-state index in [0.29, 0.717) is 5.56 Å². The maximum absolute atomic E-state index is 12.3. The summed E-state index contributed by atoms with van der Waals surface area (Å²) in [5.41, 5.74) is 0.479. The van der Waals surface area contributed by atoms with Crippen molar-refractivity contribution >= 4 is 27.1 Å². The van der Waals surface area contributed by atoms with Crippen LogP contribution in [0.5, 0.6) is 0 Å². The molecule has 1 unspecified atom stereocenters. The van der Waals surface area contributed by atoms with Gasteiger partial charge in [-0.1, -0.05) is 12.1 Å². The van der Waals surface area contributed by atoms with Gasteiger partial charge in [0.25, 0.3) is 0 Å². The van der Waals surface area contributed by atoms with E-state index in [4.69, 9.17) is 4.74 Å². The summed E-state index contributed by atoms with van der Waals surface area (Å²) in [7, 11) is -2.09. The normalized spacial score (nSPS) is 13.0. The van der Waals surface area contributed by atoms with Gasteiger partial charge in [0.15, 0.2) is 5.78 Å². The number of ketones is 1. The zero-order chi connectivity index (χ0) is 17.0. The van der Waals surface area contributed by atoms with Gasteiger partial charge in [-0.05, 0) is 38.1 Å². The maximum Gasteiger partial charge on any atom is 0.240 e. The van der Waals surface area contributed by atoms with Gasteiger partial charge in [-0.3, -0.25) is 4.79 Å². The van der Waals surface area contributed by atoms with Gasteiger partial charge in [0.2, 0.25) is 10.0 Å². The molecule has 1 aromatic heterocycles. The predicted octanol–water partition coefficient (Wildman–Crippen LogP) is 2.93. The van der Waals surface area contributed by atoms with Crippen LogP contribution in [0.25, 0.3) is 0 Å². The molecule has 23 heavy (non-hydrogen) atoms. The van der Waals surface area contributed by atoms with Crippen LogP contribution in [-0.2, 0) is 14.8 Å². The third-order valence-electron chi connectivity index (χ3n) is 3.39. The van der Waals surface area contributed by atoms with Crippen molar-refractivity contribution in [1.82, 2.24) is 4.72 Å². The van der Waals surface area contributed by atoms with E-state index in [2.05, 4.69) is 4.72 Å². The molecule has 1 N–H and O–H groups in total. The Morgan fingerprint density at radius 2 is 1.87 bits per heavy atom. The lowest BCUT2D eigenvalue weighted by atomic mass is 10.2. The molecule has 1 heterocycles. The number of carbonyl (C=O) groups excluding carboxylic acids is 1. The number of thiophene rings is 1. The Bertz CT molecular complexity index is 779. The van der Waals surface area contributed by atoms with E-state index in [0.717, 1.165) is 9.75 Å². The van der Waals surface area contributed by atoms with Crippen molar-refractivity contribution in [3.8, 4) is 0 Å². The van der Waals surface area contributed by atoms with Gasteiger partial charge in [-0.2, -0.15) is 0 Å². The van der Waals surface area contributed by atoms with Gasteiger partial charge < -0.3 is 4.74 Å². The fraction of sp³-hybridized carbons (Fsp3) is 0.312. The Labute approximate surface area is 140 Å². The summed E-state index contributed by atoms with van der Waals surface area (Å²) in [4.78, 5) is 13.5. The topological polar surface area (TPSA) is 72.5 Å². The first-order valence-corrected chi connectivity index (χ1v) is 9.33. The van der Waals surface area contributed by atoms with Crippen LogP contribution in [0.3, 0.4) is 0 Å². The summed E-state index contributed by atoms with van der Waals surface area (Å²) in [6, 6.07) is 9.78. The molecule has 0 bridgehead atoms. The largest absolute Gasteiger partial charge is 0.375 e.